The van der Waals surface area contributed by atoms with E-state index in [0.717, 1.165) is 11.3 Å². The van der Waals surface area contributed by atoms with Gasteiger partial charge in [0.25, 0.3) is 0 Å². The highest BCUT2D eigenvalue weighted by Gasteiger charge is 2.07. The first-order valence-electron chi connectivity index (χ1n) is 6.66. The van der Waals surface area contributed by atoms with Crippen LogP contribution in [-0.2, 0) is 4.79 Å². The predicted octanol–water partition coefficient (Wildman–Crippen LogP) is 2.93. The molecule has 19 heavy (non-hydrogen) atoms. The minimum atomic E-state index is -0.0436. The number of hydrogen-bond acceptors (Lipinski definition) is 2. The number of carbonyl (C=O) groups is 1. The molecule has 0 saturated heterocycles. The quantitative estimate of drug-likeness (QED) is 0.826. The summed E-state index contributed by atoms with van der Waals surface area (Å²) in [4.78, 5) is 13.7. The minimum absolute atomic E-state index is 0.0436. The number of hydrogen-bond donors (Lipinski definition) is 1. The zero-order valence-electron chi connectivity index (χ0n) is 12.5. The average Bonchev–Trinajstić information content (AvgIpc) is 2.36. The second-order valence-corrected chi connectivity index (χ2v) is 5.36. The van der Waals surface area contributed by atoms with Crippen LogP contribution in [0, 0.1) is 5.92 Å². The van der Waals surface area contributed by atoms with E-state index in [4.69, 9.17) is 0 Å². The highest BCUT2D eigenvalue weighted by molar-refractivity contribution is 5.91. The van der Waals surface area contributed by atoms with Crippen molar-refractivity contribution in [2.75, 3.05) is 19.0 Å². The first-order valence-corrected chi connectivity index (χ1v) is 6.66. The Balaban J connectivity index is 2.59. The molecule has 0 bridgehead atoms. The second-order valence-electron chi connectivity index (χ2n) is 5.36. The smallest absolute Gasteiger partial charge is 0.244 e. The molecule has 1 aromatic rings. The molecule has 0 radical (unpaired) electrons. The first-order chi connectivity index (χ1) is 8.90. The number of carbonyl (C=O) groups excluding carboxylic acids is 1. The second kappa shape index (κ2) is 6.98. The van der Waals surface area contributed by atoms with Crippen molar-refractivity contribution in [3.63, 3.8) is 0 Å². The molecule has 1 amide bonds. The summed E-state index contributed by atoms with van der Waals surface area (Å²) in [5.74, 6) is 0.398. The Kier molecular flexibility index (Phi) is 5.61. The molecule has 1 atom stereocenters. The van der Waals surface area contributed by atoms with Gasteiger partial charge >= 0.3 is 0 Å². The molecular formula is C16H24N2O. The van der Waals surface area contributed by atoms with Crippen molar-refractivity contribution in [2.45, 2.75) is 26.8 Å². The van der Waals surface area contributed by atoms with E-state index in [1.807, 2.05) is 56.3 Å². The molecule has 3 heteroatoms. The van der Waals surface area contributed by atoms with Crippen LogP contribution in [-0.4, -0.2) is 26.0 Å². The molecule has 0 heterocycles. The van der Waals surface area contributed by atoms with E-state index in [2.05, 4.69) is 19.2 Å². The lowest BCUT2D eigenvalue weighted by molar-refractivity contribution is -0.117. The number of nitrogens with one attached hydrogen (secondary N) is 1. The van der Waals surface area contributed by atoms with Crippen LogP contribution in [0.25, 0.3) is 6.08 Å². The van der Waals surface area contributed by atoms with Gasteiger partial charge in [-0.25, -0.2) is 0 Å². The normalized spacial score (nSPS) is 12.7. The number of amides is 1. The molecule has 0 saturated carbocycles. The Morgan fingerprint density at radius 2 is 1.74 bits per heavy atom. The van der Waals surface area contributed by atoms with E-state index in [1.54, 1.807) is 6.08 Å². The predicted molar refractivity (Wildman–Crippen MR) is 82.2 cm³/mol. The highest BCUT2D eigenvalue weighted by atomic mass is 16.1. The largest absolute Gasteiger partial charge is 0.378 e. The van der Waals surface area contributed by atoms with E-state index in [1.165, 1.54) is 0 Å². The maximum absolute atomic E-state index is 11.7. The highest BCUT2D eigenvalue weighted by Crippen LogP contribution is 2.13. The lowest BCUT2D eigenvalue weighted by Crippen LogP contribution is -2.34. The third-order valence-corrected chi connectivity index (χ3v) is 3.21. The van der Waals surface area contributed by atoms with Gasteiger partial charge in [0.1, 0.15) is 0 Å². The minimum Gasteiger partial charge on any atom is -0.378 e. The Hall–Kier alpha value is -1.77. The van der Waals surface area contributed by atoms with Gasteiger partial charge in [-0.3, -0.25) is 4.79 Å². The van der Waals surface area contributed by atoms with Gasteiger partial charge < -0.3 is 10.2 Å². The summed E-state index contributed by atoms with van der Waals surface area (Å²) in [6, 6.07) is 8.27. The van der Waals surface area contributed by atoms with Crippen molar-refractivity contribution in [3.05, 3.63) is 35.9 Å². The Bertz CT molecular complexity index is 433. The van der Waals surface area contributed by atoms with Crippen molar-refractivity contribution in [3.8, 4) is 0 Å². The molecule has 0 fully saturated rings. The van der Waals surface area contributed by atoms with Gasteiger partial charge in [-0.1, -0.05) is 26.0 Å². The SMILES string of the molecule is CC(C)C(C)NC(=O)/C=C/c1ccc(N(C)C)cc1. The summed E-state index contributed by atoms with van der Waals surface area (Å²) in [7, 11) is 4.01. The summed E-state index contributed by atoms with van der Waals surface area (Å²) < 4.78 is 0. The summed E-state index contributed by atoms with van der Waals surface area (Å²) in [6.45, 7) is 6.20. The van der Waals surface area contributed by atoms with Gasteiger partial charge in [-0.2, -0.15) is 0 Å². The Morgan fingerprint density at radius 3 is 2.21 bits per heavy atom. The fourth-order valence-corrected chi connectivity index (χ4v) is 1.49. The molecular weight excluding hydrogens is 236 g/mol. The summed E-state index contributed by atoms with van der Waals surface area (Å²) in [5, 5.41) is 2.95. The van der Waals surface area contributed by atoms with Crippen LogP contribution in [0.2, 0.25) is 0 Å². The summed E-state index contributed by atoms with van der Waals surface area (Å²) >= 11 is 0. The average molecular weight is 260 g/mol. The molecule has 1 aromatic carbocycles. The standard InChI is InChI=1S/C16H24N2O/c1-12(2)13(3)17-16(19)11-8-14-6-9-15(10-7-14)18(4)5/h6-13H,1-5H3,(H,17,19)/b11-8+. The fourth-order valence-electron chi connectivity index (χ4n) is 1.49. The number of anilines is 1. The van der Waals surface area contributed by atoms with E-state index in [0.29, 0.717) is 5.92 Å². The third kappa shape index (κ3) is 5.16. The lowest BCUT2D eigenvalue weighted by atomic mass is 10.1. The molecule has 0 aliphatic rings. The maximum atomic E-state index is 11.7. The van der Waals surface area contributed by atoms with Gasteiger partial charge in [0.15, 0.2) is 0 Å². The van der Waals surface area contributed by atoms with E-state index >= 15 is 0 Å². The zero-order valence-corrected chi connectivity index (χ0v) is 12.5. The van der Waals surface area contributed by atoms with Crippen LogP contribution < -0.4 is 10.2 Å². The van der Waals surface area contributed by atoms with Crippen molar-refractivity contribution in [2.24, 2.45) is 5.92 Å². The molecule has 0 aliphatic carbocycles. The van der Waals surface area contributed by atoms with Crippen molar-refractivity contribution in [1.29, 1.82) is 0 Å². The van der Waals surface area contributed by atoms with Gasteiger partial charge in [-0.05, 0) is 36.6 Å². The van der Waals surface area contributed by atoms with Crippen LogP contribution in [0.4, 0.5) is 5.69 Å². The van der Waals surface area contributed by atoms with Crippen LogP contribution in [0.3, 0.4) is 0 Å². The fraction of sp³-hybridized carbons (Fsp3) is 0.438. The zero-order chi connectivity index (χ0) is 14.4. The van der Waals surface area contributed by atoms with Crippen LogP contribution in [0.1, 0.15) is 26.3 Å². The lowest BCUT2D eigenvalue weighted by Gasteiger charge is -2.15. The maximum Gasteiger partial charge on any atom is 0.244 e. The van der Waals surface area contributed by atoms with Crippen LogP contribution >= 0.6 is 0 Å². The third-order valence-electron chi connectivity index (χ3n) is 3.21. The van der Waals surface area contributed by atoms with Crippen molar-refractivity contribution >= 4 is 17.7 Å². The van der Waals surface area contributed by atoms with E-state index in [9.17, 15) is 4.79 Å². The van der Waals surface area contributed by atoms with Crippen molar-refractivity contribution in [1.82, 2.24) is 5.32 Å². The van der Waals surface area contributed by atoms with Crippen LogP contribution in [0.15, 0.2) is 30.3 Å². The number of rotatable bonds is 5. The number of nitrogens with zero attached hydrogens (tertiary/aromatic N) is 1. The molecule has 1 N–H and O–H groups in total. The van der Waals surface area contributed by atoms with E-state index in [-0.39, 0.29) is 11.9 Å². The van der Waals surface area contributed by atoms with Crippen LogP contribution in [0.5, 0.6) is 0 Å². The molecule has 1 unspecified atom stereocenters. The molecule has 104 valence electrons. The molecule has 0 spiro atoms. The van der Waals surface area contributed by atoms with Crippen molar-refractivity contribution < 1.29 is 4.79 Å². The van der Waals surface area contributed by atoms with Gasteiger partial charge in [0.05, 0.1) is 0 Å². The topological polar surface area (TPSA) is 32.3 Å². The van der Waals surface area contributed by atoms with Gasteiger partial charge in [-0.15, -0.1) is 0 Å². The van der Waals surface area contributed by atoms with E-state index < -0.39 is 0 Å². The Morgan fingerprint density at radius 1 is 1.16 bits per heavy atom. The van der Waals surface area contributed by atoms with Gasteiger partial charge in [0, 0.05) is 31.9 Å². The monoisotopic (exact) mass is 260 g/mol. The molecule has 3 nitrogen and oxygen atoms in total. The first kappa shape index (κ1) is 15.3. The molecule has 0 aromatic heterocycles. The molecule has 0 aliphatic heterocycles. The number of benzene rings is 1. The molecule has 1 rings (SSSR count). The summed E-state index contributed by atoms with van der Waals surface area (Å²) in [5.41, 5.74) is 2.17. The summed E-state index contributed by atoms with van der Waals surface area (Å²) in [6.07, 6.45) is 3.42. The van der Waals surface area contributed by atoms with Gasteiger partial charge in [0.2, 0.25) is 5.91 Å². The Labute approximate surface area is 116 Å².